The van der Waals surface area contributed by atoms with Crippen molar-refractivity contribution in [3.63, 3.8) is 0 Å². The summed E-state index contributed by atoms with van der Waals surface area (Å²) in [7, 11) is 8.43. The summed E-state index contributed by atoms with van der Waals surface area (Å²) in [6.45, 7) is 1.11. The molecule has 0 fully saturated rings. The molecule has 0 aliphatic carbocycles. The molecule has 0 radical (unpaired) electrons. The van der Waals surface area contributed by atoms with Gasteiger partial charge in [0.2, 0.25) is 0 Å². The fourth-order valence-corrected chi connectivity index (χ4v) is 0.632. The first-order valence-electron chi connectivity index (χ1n) is 2.56. The number of hydrogen-bond donors (Lipinski definition) is 1. The van der Waals surface area contributed by atoms with Gasteiger partial charge in [0.15, 0.2) is 0 Å². The van der Waals surface area contributed by atoms with Crippen LogP contribution in [0.1, 0.15) is 0 Å². The molecular formula is C5H15N2+. The Labute approximate surface area is 45.7 Å². The van der Waals surface area contributed by atoms with Crippen LogP contribution in [0.3, 0.4) is 0 Å². The van der Waals surface area contributed by atoms with Crippen LogP contribution in [0.5, 0.6) is 0 Å². The fraction of sp³-hybridized carbons (Fsp3) is 1.00. The summed E-state index contributed by atoms with van der Waals surface area (Å²) in [5.74, 6) is 0. The van der Waals surface area contributed by atoms with E-state index in [2.05, 4.69) is 33.1 Å². The summed E-state index contributed by atoms with van der Waals surface area (Å²) in [6.07, 6.45) is 0. The van der Waals surface area contributed by atoms with Crippen molar-refractivity contribution in [2.45, 2.75) is 0 Å². The van der Waals surface area contributed by atoms with Crippen LogP contribution in [-0.4, -0.2) is 39.8 Å². The molecule has 0 aromatic rings. The zero-order valence-electron chi connectivity index (χ0n) is 5.65. The van der Waals surface area contributed by atoms with E-state index in [0.717, 1.165) is 6.67 Å². The van der Waals surface area contributed by atoms with E-state index in [1.54, 1.807) is 0 Å². The van der Waals surface area contributed by atoms with Crippen molar-refractivity contribution in [2.24, 2.45) is 0 Å². The highest BCUT2D eigenvalue weighted by molar-refractivity contribution is 4.18. The van der Waals surface area contributed by atoms with Crippen LogP contribution in [-0.2, 0) is 0 Å². The van der Waals surface area contributed by atoms with Crippen molar-refractivity contribution in [1.29, 1.82) is 0 Å². The molecule has 0 bridgehead atoms. The van der Waals surface area contributed by atoms with Gasteiger partial charge in [0.25, 0.3) is 0 Å². The van der Waals surface area contributed by atoms with Gasteiger partial charge < -0.3 is 4.90 Å². The molecule has 0 unspecified atom stereocenters. The average molecular weight is 103 g/mol. The minimum Gasteiger partial charge on any atom is -0.327 e. The van der Waals surface area contributed by atoms with Crippen molar-refractivity contribution in [3.8, 4) is 0 Å². The Kier molecular flexibility index (Phi) is 2.96. The Morgan fingerprint density at radius 2 is 1.71 bits per heavy atom. The minimum atomic E-state index is 1.11. The highest BCUT2D eigenvalue weighted by Crippen LogP contribution is 1.56. The van der Waals surface area contributed by atoms with E-state index in [1.807, 2.05) is 0 Å². The van der Waals surface area contributed by atoms with Gasteiger partial charge in [0, 0.05) is 0 Å². The smallest absolute Gasteiger partial charge is 0.132 e. The van der Waals surface area contributed by atoms with Crippen molar-refractivity contribution in [2.75, 3.05) is 34.9 Å². The third kappa shape index (κ3) is 5.92. The molecule has 0 aromatic carbocycles. The van der Waals surface area contributed by atoms with E-state index in [4.69, 9.17) is 0 Å². The lowest BCUT2D eigenvalue weighted by Crippen LogP contribution is -3.07. The monoisotopic (exact) mass is 103 g/mol. The lowest BCUT2D eigenvalue weighted by atomic mass is 10.8. The predicted octanol–water partition coefficient (Wildman–Crippen LogP) is -1.35. The summed E-state index contributed by atoms with van der Waals surface area (Å²) in [6, 6.07) is 0. The Hall–Kier alpha value is -0.0800. The molecule has 0 amide bonds. The molecule has 0 spiro atoms. The molecule has 2 heteroatoms. The van der Waals surface area contributed by atoms with Gasteiger partial charge in [-0.05, 0) is 14.1 Å². The predicted molar refractivity (Wildman–Crippen MR) is 31.4 cm³/mol. The normalized spacial score (nSPS) is 11.1. The SMILES string of the molecule is CN(C)C[NH+](C)C. The number of rotatable bonds is 2. The van der Waals surface area contributed by atoms with Gasteiger partial charge in [0.1, 0.15) is 6.67 Å². The lowest BCUT2D eigenvalue weighted by molar-refractivity contribution is -0.868. The van der Waals surface area contributed by atoms with Crippen LogP contribution in [0.4, 0.5) is 0 Å². The second kappa shape index (κ2) is 2.99. The third-order valence-corrected chi connectivity index (χ3v) is 0.632. The Morgan fingerprint density at radius 1 is 1.29 bits per heavy atom. The molecule has 0 aliphatic heterocycles. The van der Waals surface area contributed by atoms with Crippen LogP contribution in [0, 0.1) is 0 Å². The molecule has 7 heavy (non-hydrogen) atoms. The zero-order valence-corrected chi connectivity index (χ0v) is 5.65. The van der Waals surface area contributed by atoms with Crippen molar-refractivity contribution in [1.82, 2.24) is 4.90 Å². The largest absolute Gasteiger partial charge is 0.327 e. The quantitative estimate of drug-likeness (QED) is 0.425. The van der Waals surface area contributed by atoms with Crippen molar-refractivity contribution < 1.29 is 4.90 Å². The van der Waals surface area contributed by atoms with E-state index in [9.17, 15) is 0 Å². The van der Waals surface area contributed by atoms with Crippen molar-refractivity contribution in [3.05, 3.63) is 0 Å². The van der Waals surface area contributed by atoms with Crippen LogP contribution in [0.15, 0.2) is 0 Å². The van der Waals surface area contributed by atoms with E-state index in [0.29, 0.717) is 0 Å². The zero-order chi connectivity index (χ0) is 5.86. The van der Waals surface area contributed by atoms with E-state index in [1.165, 1.54) is 4.90 Å². The van der Waals surface area contributed by atoms with E-state index >= 15 is 0 Å². The number of nitrogens with zero attached hydrogens (tertiary/aromatic N) is 1. The molecule has 0 aromatic heterocycles. The fourth-order valence-electron chi connectivity index (χ4n) is 0.632. The van der Waals surface area contributed by atoms with Gasteiger partial charge in [-0.1, -0.05) is 0 Å². The Bertz CT molecular complexity index is 35.3. The first kappa shape index (κ1) is 6.92. The Morgan fingerprint density at radius 3 is 1.71 bits per heavy atom. The highest BCUT2D eigenvalue weighted by Gasteiger charge is 1.91. The van der Waals surface area contributed by atoms with Gasteiger partial charge in [-0.2, -0.15) is 0 Å². The second-order valence-corrected chi connectivity index (χ2v) is 2.44. The first-order valence-corrected chi connectivity index (χ1v) is 2.56. The standard InChI is InChI=1S/C5H14N2/c1-6(2)5-7(3)4/h5H2,1-4H3/p+1. The van der Waals surface area contributed by atoms with Gasteiger partial charge in [-0.15, -0.1) is 0 Å². The number of quaternary nitrogens is 1. The minimum absolute atomic E-state index is 1.11. The summed E-state index contributed by atoms with van der Waals surface area (Å²) in [5, 5.41) is 0. The third-order valence-electron chi connectivity index (χ3n) is 0.632. The van der Waals surface area contributed by atoms with E-state index in [-0.39, 0.29) is 0 Å². The molecule has 0 aliphatic rings. The van der Waals surface area contributed by atoms with Gasteiger partial charge in [-0.3, -0.25) is 4.90 Å². The average Bonchev–Trinajstić information content (AvgIpc) is 1.27. The van der Waals surface area contributed by atoms with Crippen LogP contribution in [0.2, 0.25) is 0 Å². The molecule has 2 nitrogen and oxygen atoms in total. The molecule has 0 saturated heterocycles. The van der Waals surface area contributed by atoms with Crippen LogP contribution < -0.4 is 4.90 Å². The molecule has 44 valence electrons. The van der Waals surface area contributed by atoms with Crippen molar-refractivity contribution >= 4 is 0 Å². The number of nitrogens with one attached hydrogen (secondary N) is 1. The number of hydrogen-bond acceptors (Lipinski definition) is 1. The van der Waals surface area contributed by atoms with Gasteiger partial charge >= 0.3 is 0 Å². The molecule has 0 saturated carbocycles. The van der Waals surface area contributed by atoms with E-state index < -0.39 is 0 Å². The summed E-state index contributed by atoms with van der Waals surface area (Å²) in [5.41, 5.74) is 0. The van der Waals surface area contributed by atoms with Gasteiger partial charge in [0.05, 0.1) is 14.1 Å². The molecule has 0 rings (SSSR count). The maximum Gasteiger partial charge on any atom is 0.132 e. The maximum atomic E-state index is 2.16. The lowest BCUT2D eigenvalue weighted by Gasteiger charge is -2.12. The van der Waals surface area contributed by atoms with Crippen LogP contribution in [0.25, 0.3) is 0 Å². The van der Waals surface area contributed by atoms with Gasteiger partial charge in [-0.25, -0.2) is 0 Å². The summed E-state index contributed by atoms with van der Waals surface area (Å²) < 4.78 is 0. The summed E-state index contributed by atoms with van der Waals surface area (Å²) in [4.78, 5) is 3.62. The van der Waals surface area contributed by atoms with Crippen LogP contribution >= 0.6 is 0 Å². The highest BCUT2D eigenvalue weighted by atomic mass is 15.2. The molecule has 0 heterocycles. The Balaban J connectivity index is 2.95. The first-order chi connectivity index (χ1) is 3.13. The molecule has 1 N–H and O–H groups in total. The molecular weight excluding hydrogens is 88.1 g/mol. The maximum absolute atomic E-state index is 2.16. The second-order valence-electron chi connectivity index (χ2n) is 2.44. The topological polar surface area (TPSA) is 7.68 Å². The summed E-state index contributed by atoms with van der Waals surface area (Å²) >= 11 is 0. The molecule has 0 atom stereocenters.